The predicted octanol–water partition coefficient (Wildman–Crippen LogP) is 2.08. The number of aromatic nitrogens is 2. The second-order valence-corrected chi connectivity index (χ2v) is 7.08. The van der Waals surface area contributed by atoms with Crippen molar-refractivity contribution < 1.29 is 14.3 Å². The number of carbonyl (C=O) groups excluding carboxylic acids is 1. The standard InChI is InChI=1S/C16H18FN3O3S/c1-16(2,3)19-13(22)9-24-15-18-12(21)8-14(23)20(15)11-6-4-10(17)5-7-11/h4-8,21H,9H2,1-3H3,(H,19,22). The minimum atomic E-state index is -0.521. The monoisotopic (exact) mass is 351 g/mol. The number of halogens is 1. The van der Waals surface area contributed by atoms with Gasteiger partial charge in [-0.2, -0.15) is 4.98 Å². The molecule has 0 saturated carbocycles. The molecule has 1 aromatic carbocycles. The summed E-state index contributed by atoms with van der Waals surface area (Å²) >= 11 is 1.01. The number of amides is 1. The van der Waals surface area contributed by atoms with Crippen LogP contribution in [0.25, 0.3) is 5.69 Å². The number of carbonyl (C=O) groups is 1. The van der Waals surface area contributed by atoms with Crippen LogP contribution < -0.4 is 10.9 Å². The van der Waals surface area contributed by atoms with Crippen LogP contribution in [0.1, 0.15) is 20.8 Å². The molecule has 2 rings (SSSR count). The molecule has 1 heterocycles. The molecule has 8 heteroatoms. The van der Waals surface area contributed by atoms with Crippen LogP contribution in [0.15, 0.2) is 40.3 Å². The van der Waals surface area contributed by atoms with Crippen LogP contribution in [-0.2, 0) is 4.79 Å². The minimum absolute atomic E-state index is 0.0222. The fourth-order valence-corrected chi connectivity index (χ4v) is 2.77. The van der Waals surface area contributed by atoms with Crippen LogP contribution in [0.2, 0.25) is 0 Å². The van der Waals surface area contributed by atoms with Gasteiger partial charge in [-0.25, -0.2) is 4.39 Å². The molecule has 0 bridgehead atoms. The van der Waals surface area contributed by atoms with Crippen LogP contribution in [-0.4, -0.2) is 31.9 Å². The Morgan fingerprint density at radius 1 is 1.33 bits per heavy atom. The van der Waals surface area contributed by atoms with Crippen molar-refractivity contribution >= 4 is 17.7 Å². The van der Waals surface area contributed by atoms with Crippen molar-refractivity contribution in [1.29, 1.82) is 0 Å². The molecule has 0 atom stereocenters. The molecule has 0 aliphatic rings. The summed E-state index contributed by atoms with van der Waals surface area (Å²) in [6.45, 7) is 5.57. The first-order valence-electron chi connectivity index (χ1n) is 7.18. The van der Waals surface area contributed by atoms with E-state index in [-0.39, 0.29) is 22.4 Å². The Morgan fingerprint density at radius 3 is 2.54 bits per heavy atom. The topological polar surface area (TPSA) is 84.2 Å². The lowest BCUT2D eigenvalue weighted by Gasteiger charge is -2.20. The normalized spacial score (nSPS) is 11.3. The highest BCUT2D eigenvalue weighted by molar-refractivity contribution is 7.99. The Bertz CT molecular complexity index is 798. The van der Waals surface area contributed by atoms with Crippen LogP contribution in [0.5, 0.6) is 5.88 Å². The fraction of sp³-hybridized carbons (Fsp3) is 0.312. The van der Waals surface area contributed by atoms with Gasteiger partial charge in [-0.1, -0.05) is 11.8 Å². The molecule has 128 valence electrons. The average Bonchev–Trinajstić information content (AvgIpc) is 2.44. The third-order valence-corrected chi connectivity index (χ3v) is 3.74. The number of hydrogen-bond donors (Lipinski definition) is 2. The van der Waals surface area contributed by atoms with Gasteiger partial charge in [0.05, 0.1) is 17.5 Å². The summed E-state index contributed by atoms with van der Waals surface area (Å²) < 4.78 is 14.3. The molecule has 0 spiro atoms. The third kappa shape index (κ3) is 4.82. The van der Waals surface area contributed by atoms with Crippen molar-refractivity contribution in [1.82, 2.24) is 14.9 Å². The van der Waals surface area contributed by atoms with Gasteiger partial charge in [0, 0.05) is 5.54 Å². The van der Waals surface area contributed by atoms with Crippen molar-refractivity contribution in [3.05, 3.63) is 46.5 Å². The molecule has 0 saturated heterocycles. The van der Waals surface area contributed by atoms with E-state index in [1.807, 2.05) is 20.8 Å². The van der Waals surface area contributed by atoms with Crippen molar-refractivity contribution in [2.75, 3.05) is 5.75 Å². The molecular formula is C16H18FN3O3S. The Balaban J connectivity index is 2.31. The molecule has 0 unspecified atom stereocenters. The van der Waals surface area contributed by atoms with Gasteiger partial charge in [0.1, 0.15) is 5.82 Å². The van der Waals surface area contributed by atoms with Gasteiger partial charge in [-0.05, 0) is 45.0 Å². The molecule has 2 N–H and O–H groups in total. The molecule has 24 heavy (non-hydrogen) atoms. The first kappa shape index (κ1) is 18.0. The largest absolute Gasteiger partial charge is 0.493 e. The molecule has 2 aromatic rings. The summed E-state index contributed by atoms with van der Waals surface area (Å²) in [5.41, 5.74) is -0.499. The first-order valence-corrected chi connectivity index (χ1v) is 8.17. The second kappa shape index (κ2) is 7.04. The Kier molecular flexibility index (Phi) is 5.28. The molecule has 0 aliphatic carbocycles. The summed E-state index contributed by atoms with van der Waals surface area (Å²) in [5, 5.41) is 12.5. The van der Waals surface area contributed by atoms with E-state index in [9.17, 15) is 19.1 Å². The highest BCUT2D eigenvalue weighted by Crippen LogP contribution is 2.20. The van der Waals surface area contributed by atoms with Crippen molar-refractivity contribution in [2.45, 2.75) is 31.5 Å². The van der Waals surface area contributed by atoms with Gasteiger partial charge >= 0.3 is 0 Å². The van der Waals surface area contributed by atoms with E-state index in [0.29, 0.717) is 5.69 Å². The number of rotatable bonds is 4. The van der Waals surface area contributed by atoms with E-state index in [2.05, 4.69) is 10.3 Å². The quantitative estimate of drug-likeness (QED) is 0.651. The summed E-state index contributed by atoms with van der Waals surface area (Å²) in [4.78, 5) is 28.0. The minimum Gasteiger partial charge on any atom is -0.493 e. The molecule has 6 nitrogen and oxygen atoms in total. The van der Waals surface area contributed by atoms with Gasteiger partial charge in [0.2, 0.25) is 11.8 Å². The van der Waals surface area contributed by atoms with E-state index in [1.165, 1.54) is 28.8 Å². The van der Waals surface area contributed by atoms with Gasteiger partial charge in [-0.15, -0.1) is 0 Å². The smallest absolute Gasteiger partial charge is 0.262 e. The maximum atomic E-state index is 13.1. The van der Waals surface area contributed by atoms with Crippen LogP contribution in [0, 0.1) is 5.82 Å². The molecule has 1 amide bonds. The predicted molar refractivity (Wildman–Crippen MR) is 90.1 cm³/mol. The number of thioether (sulfide) groups is 1. The zero-order valence-electron chi connectivity index (χ0n) is 13.5. The highest BCUT2D eigenvalue weighted by atomic mass is 32.2. The molecular weight excluding hydrogens is 333 g/mol. The number of hydrogen-bond acceptors (Lipinski definition) is 5. The Hall–Kier alpha value is -2.35. The lowest BCUT2D eigenvalue weighted by Crippen LogP contribution is -2.41. The maximum Gasteiger partial charge on any atom is 0.262 e. The molecule has 1 aromatic heterocycles. The third-order valence-electron chi connectivity index (χ3n) is 2.81. The Morgan fingerprint density at radius 2 is 1.96 bits per heavy atom. The number of nitrogens with one attached hydrogen (secondary N) is 1. The van der Waals surface area contributed by atoms with E-state index in [4.69, 9.17) is 0 Å². The summed E-state index contributed by atoms with van der Waals surface area (Å²) in [6.07, 6.45) is 0. The Labute approximate surface area is 142 Å². The van der Waals surface area contributed by atoms with Gasteiger partial charge in [-0.3, -0.25) is 14.2 Å². The SMILES string of the molecule is CC(C)(C)NC(=O)CSc1nc(O)cc(=O)n1-c1ccc(F)cc1. The first-order chi connectivity index (χ1) is 11.2. The van der Waals surface area contributed by atoms with Crippen LogP contribution >= 0.6 is 11.8 Å². The van der Waals surface area contributed by atoms with E-state index in [1.54, 1.807) is 0 Å². The lowest BCUT2D eigenvalue weighted by molar-refractivity contribution is -0.119. The maximum absolute atomic E-state index is 13.1. The van der Waals surface area contributed by atoms with Crippen molar-refractivity contribution in [3.8, 4) is 11.6 Å². The summed E-state index contributed by atoms with van der Waals surface area (Å²) in [5.74, 6) is -1.07. The van der Waals surface area contributed by atoms with Gasteiger partial charge in [0.15, 0.2) is 5.16 Å². The van der Waals surface area contributed by atoms with Crippen molar-refractivity contribution in [3.63, 3.8) is 0 Å². The summed E-state index contributed by atoms with van der Waals surface area (Å²) in [6, 6.07) is 6.25. The van der Waals surface area contributed by atoms with Crippen LogP contribution in [0.3, 0.4) is 0 Å². The van der Waals surface area contributed by atoms with Crippen LogP contribution in [0.4, 0.5) is 4.39 Å². The summed E-state index contributed by atoms with van der Waals surface area (Å²) in [7, 11) is 0. The second-order valence-electron chi connectivity index (χ2n) is 6.13. The molecule has 0 fully saturated rings. The highest BCUT2D eigenvalue weighted by Gasteiger charge is 2.16. The molecule has 0 aliphatic heterocycles. The fourth-order valence-electron chi connectivity index (χ4n) is 1.96. The lowest BCUT2D eigenvalue weighted by atomic mass is 10.1. The van der Waals surface area contributed by atoms with E-state index < -0.39 is 17.3 Å². The zero-order valence-corrected chi connectivity index (χ0v) is 14.4. The van der Waals surface area contributed by atoms with Crippen molar-refractivity contribution in [2.24, 2.45) is 0 Å². The van der Waals surface area contributed by atoms with E-state index in [0.717, 1.165) is 17.8 Å². The number of benzene rings is 1. The number of nitrogens with zero attached hydrogens (tertiary/aromatic N) is 2. The molecule has 0 radical (unpaired) electrons. The van der Waals surface area contributed by atoms with Gasteiger partial charge < -0.3 is 10.4 Å². The van der Waals surface area contributed by atoms with Gasteiger partial charge in [0.25, 0.3) is 5.56 Å². The van der Waals surface area contributed by atoms with E-state index >= 15 is 0 Å². The average molecular weight is 351 g/mol. The zero-order chi connectivity index (χ0) is 17.9. The number of aromatic hydroxyl groups is 1.